The molecule has 0 saturated carbocycles. The third kappa shape index (κ3) is 11.7. The lowest BCUT2D eigenvalue weighted by Crippen LogP contribution is -2.26. The van der Waals surface area contributed by atoms with Crippen molar-refractivity contribution in [2.45, 2.75) is 96.8 Å². The van der Waals surface area contributed by atoms with Crippen LogP contribution in [0.5, 0.6) is 5.75 Å². The highest BCUT2D eigenvalue weighted by Crippen LogP contribution is 2.15. The van der Waals surface area contributed by atoms with Crippen LogP contribution in [0, 0.1) is 0 Å². The fourth-order valence-corrected chi connectivity index (χ4v) is 3.83. The van der Waals surface area contributed by atoms with Crippen molar-refractivity contribution >= 4 is 17.2 Å². The van der Waals surface area contributed by atoms with E-state index in [1.807, 2.05) is 24.3 Å². The third-order valence-corrected chi connectivity index (χ3v) is 6.08. The van der Waals surface area contributed by atoms with Gasteiger partial charge in [0.1, 0.15) is 10.7 Å². The quantitative estimate of drug-likeness (QED) is 0.194. The van der Waals surface area contributed by atoms with Crippen LogP contribution in [0.4, 0.5) is 0 Å². The fraction of sp³-hybridized carbons (Fsp3) is 0.720. The van der Waals surface area contributed by atoms with E-state index in [1.54, 1.807) is 7.11 Å². The number of rotatable bonds is 17. The second-order valence-corrected chi connectivity index (χ2v) is 8.44. The molecular weight excluding hydrogens is 362 g/mol. The van der Waals surface area contributed by atoms with E-state index in [0.717, 1.165) is 22.8 Å². The van der Waals surface area contributed by atoms with Gasteiger partial charge in [0.15, 0.2) is 0 Å². The predicted octanol–water partition coefficient (Wildman–Crippen LogP) is 7.78. The molecule has 0 bridgehead atoms. The van der Waals surface area contributed by atoms with Gasteiger partial charge in [0.2, 0.25) is 0 Å². The Bertz CT molecular complexity index is 500. The second kappa shape index (κ2) is 16.8. The Morgan fingerprint density at radius 3 is 1.61 bits per heavy atom. The van der Waals surface area contributed by atoms with Gasteiger partial charge in [-0.25, -0.2) is 0 Å². The molecule has 0 atom stereocenters. The number of hydrogen-bond donors (Lipinski definition) is 0. The minimum absolute atomic E-state index is 0.876. The van der Waals surface area contributed by atoms with Crippen LogP contribution < -0.4 is 4.74 Å². The first-order valence-electron chi connectivity index (χ1n) is 11.6. The minimum Gasteiger partial charge on any atom is -0.497 e. The van der Waals surface area contributed by atoms with Crippen molar-refractivity contribution < 1.29 is 4.74 Å². The van der Waals surface area contributed by atoms with E-state index >= 15 is 0 Å². The number of methoxy groups -OCH3 is 1. The molecule has 0 amide bonds. The molecule has 0 aliphatic rings. The molecule has 0 aromatic heterocycles. The van der Waals surface area contributed by atoms with Crippen molar-refractivity contribution in [1.82, 2.24) is 4.90 Å². The van der Waals surface area contributed by atoms with Crippen molar-refractivity contribution in [3.63, 3.8) is 0 Å². The van der Waals surface area contributed by atoms with Crippen LogP contribution in [0.2, 0.25) is 0 Å². The molecule has 0 radical (unpaired) electrons. The summed E-state index contributed by atoms with van der Waals surface area (Å²) in [6.07, 6.45) is 19.6. The molecular formula is C25H43NOS. The van der Waals surface area contributed by atoms with Crippen molar-refractivity contribution in [3.8, 4) is 5.75 Å². The Morgan fingerprint density at radius 2 is 1.18 bits per heavy atom. The lowest BCUT2D eigenvalue weighted by molar-refractivity contribution is 0.414. The molecule has 1 aromatic rings. The van der Waals surface area contributed by atoms with Crippen LogP contribution in [0.1, 0.15) is 102 Å². The van der Waals surface area contributed by atoms with Crippen LogP contribution in [-0.2, 0) is 0 Å². The van der Waals surface area contributed by atoms with Gasteiger partial charge in [0.05, 0.1) is 7.11 Å². The molecule has 0 aliphatic carbocycles. The van der Waals surface area contributed by atoms with Gasteiger partial charge in [0, 0.05) is 19.2 Å². The molecule has 160 valence electrons. The van der Waals surface area contributed by atoms with Gasteiger partial charge in [-0.1, -0.05) is 103 Å². The molecule has 1 rings (SSSR count). The van der Waals surface area contributed by atoms with Gasteiger partial charge in [-0.3, -0.25) is 0 Å². The molecule has 0 spiro atoms. The summed E-state index contributed by atoms with van der Waals surface area (Å²) in [6.45, 7) is 3.33. The maximum atomic E-state index is 5.61. The Labute approximate surface area is 180 Å². The van der Waals surface area contributed by atoms with Crippen molar-refractivity contribution in [2.24, 2.45) is 0 Å². The maximum absolute atomic E-state index is 5.61. The van der Waals surface area contributed by atoms with Gasteiger partial charge < -0.3 is 9.64 Å². The van der Waals surface area contributed by atoms with Crippen LogP contribution in [0.15, 0.2) is 24.3 Å². The van der Waals surface area contributed by atoms with Gasteiger partial charge in [-0.05, 0) is 30.7 Å². The average Bonchev–Trinajstić information content (AvgIpc) is 2.73. The molecule has 0 saturated heterocycles. The van der Waals surface area contributed by atoms with Crippen molar-refractivity contribution in [1.29, 1.82) is 0 Å². The zero-order chi connectivity index (χ0) is 20.5. The number of unbranched alkanes of at least 4 members (excludes halogenated alkanes) is 13. The standard InChI is InChI=1S/C25H43NOS/c1-4-5-6-7-8-9-10-11-12-13-14-15-16-17-22-26(2)25(28)23-18-20-24(27-3)21-19-23/h18-21H,4-17,22H2,1-3H3. The summed E-state index contributed by atoms with van der Waals surface area (Å²) in [5.74, 6) is 0.876. The molecule has 28 heavy (non-hydrogen) atoms. The lowest BCUT2D eigenvalue weighted by atomic mass is 10.0. The number of hydrogen-bond acceptors (Lipinski definition) is 2. The summed E-state index contributed by atoms with van der Waals surface area (Å²) in [5.41, 5.74) is 1.10. The number of thiocarbonyl (C=S) groups is 1. The van der Waals surface area contributed by atoms with E-state index < -0.39 is 0 Å². The van der Waals surface area contributed by atoms with E-state index in [0.29, 0.717) is 0 Å². The summed E-state index contributed by atoms with van der Waals surface area (Å²) in [7, 11) is 3.80. The highest BCUT2D eigenvalue weighted by Gasteiger charge is 2.07. The molecule has 0 aliphatic heterocycles. The number of nitrogens with zero attached hydrogens (tertiary/aromatic N) is 1. The zero-order valence-electron chi connectivity index (χ0n) is 18.7. The molecule has 0 heterocycles. The fourth-order valence-electron chi connectivity index (χ4n) is 3.60. The van der Waals surface area contributed by atoms with Gasteiger partial charge in [0.25, 0.3) is 0 Å². The highest BCUT2D eigenvalue weighted by molar-refractivity contribution is 7.80. The Balaban J connectivity index is 1.94. The van der Waals surface area contributed by atoms with E-state index in [1.165, 1.54) is 89.9 Å². The second-order valence-electron chi connectivity index (χ2n) is 8.05. The van der Waals surface area contributed by atoms with E-state index in [2.05, 4.69) is 18.9 Å². The normalized spacial score (nSPS) is 10.8. The van der Waals surface area contributed by atoms with Crippen molar-refractivity contribution in [2.75, 3.05) is 20.7 Å². The first kappa shape index (κ1) is 24.9. The average molecular weight is 406 g/mol. The predicted molar refractivity (Wildman–Crippen MR) is 128 cm³/mol. The summed E-state index contributed by atoms with van der Waals surface area (Å²) in [4.78, 5) is 3.13. The monoisotopic (exact) mass is 405 g/mol. The topological polar surface area (TPSA) is 12.5 Å². The lowest BCUT2D eigenvalue weighted by Gasteiger charge is -2.20. The summed E-state index contributed by atoms with van der Waals surface area (Å²) in [5, 5.41) is 0. The summed E-state index contributed by atoms with van der Waals surface area (Å²) in [6, 6.07) is 8.04. The Hall–Kier alpha value is -1.09. The smallest absolute Gasteiger partial charge is 0.118 e. The molecule has 1 aromatic carbocycles. The first-order chi connectivity index (χ1) is 13.7. The van der Waals surface area contributed by atoms with Gasteiger partial charge in [-0.15, -0.1) is 0 Å². The largest absolute Gasteiger partial charge is 0.497 e. The highest BCUT2D eigenvalue weighted by atomic mass is 32.1. The number of benzene rings is 1. The van der Waals surface area contributed by atoms with E-state index in [4.69, 9.17) is 17.0 Å². The minimum atomic E-state index is 0.876. The van der Waals surface area contributed by atoms with E-state index in [-0.39, 0.29) is 0 Å². The molecule has 3 heteroatoms. The molecule has 0 N–H and O–H groups in total. The Morgan fingerprint density at radius 1 is 0.750 bits per heavy atom. The van der Waals surface area contributed by atoms with Crippen LogP contribution in [-0.4, -0.2) is 30.6 Å². The van der Waals surface area contributed by atoms with Crippen LogP contribution in [0.25, 0.3) is 0 Å². The van der Waals surface area contributed by atoms with E-state index in [9.17, 15) is 0 Å². The zero-order valence-corrected chi connectivity index (χ0v) is 19.5. The molecule has 2 nitrogen and oxygen atoms in total. The van der Waals surface area contributed by atoms with Crippen LogP contribution in [0.3, 0.4) is 0 Å². The van der Waals surface area contributed by atoms with Crippen molar-refractivity contribution in [3.05, 3.63) is 29.8 Å². The third-order valence-electron chi connectivity index (χ3n) is 5.53. The van der Waals surface area contributed by atoms with Crippen LogP contribution >= 0.6 is 12.2 Å². The number of ether oxygens (including phenoxy) is 1. The Kier molecular flexibility index (Phi) is 15.0. The van der Waals surface area contributed by atoms with Gasteiger partial charge in [-0.2, -0.15) is 0 Å². The molecule has 0 fully saturated rings. The van der Waals surface area contributed by atoms with Gasteiger partial charge >= 0.3 is 0 Å². The summed E-state index contributed by atoms with van der Waals surface area (Å²) < 4.78 is 5.21. The molecule has 0 unspecified atom stereocenters. The first-order valence-corrected chi connectivity index (χ1v) is 12.0. The SMILES string of the molecule is CCCCCCCCCCCCCCCCN(C)C(=S)c1ccc(OC)cc1. The summed E-state index contributed by atoms with van der Waals surface area (Å²) >= 11 is 5.61. The maximum Gasteiger partial charge on any atom is 0.118 e.